The lowest BCUT2D eigenvalue weighted by Crippen LogP contribution is -2.00. The number of aromatic nitrogens is 3. The van der Waals surface area contributed by atoms with E-state index >= 15 is 0 Å². The smallest absolute Gasteiger partial charge is 0.262 e. The van der Waals surface area contributed by atoms with Crippen LogP contribution in [0.3, 0.4) is 0 Å². The van der Waals surface area contributed by atoms with Crippen LogP contribution >= 0.6 is 12.2 Å². The fourth-order valence-corrected chi connectivity index (χ4v) is 2.09. The maximum Gasteiger partial charge on any atom is 0.262 e. The van der Waals surface area contributed by atoms with Crippen molar-refractivity contribution in [3.05, 3.63) is 44.5 Å². The van der Waals surface area contributed by atoms with Crippen molar-refractivity contribution in [1.29, 1.82) is 0 Å². The second kappa shape index (κ2) is 5.09. The lowest BCUT2D eigenvalue weighted by atomic mass is 10.2. The molecule has 0 radical (unpaired) electrons. The number of nitro groups is 1. The maximum atomic E-state index is 11.3. The molecule has 1 fully saturated rings. The summed E-state index contributed by atoms with van der Waals surface area (Å²) in [5.41, 5.74) is -0.0247. The van der Waals surface area contributed by atoms with Crippen LogP contribution in [0.25, 0.3) is 0 Å². The molecule has 1 aromatic heterocycles. The first kappa shape index (κ1) is 13.4. The molecule has 9 heteroatoms. The van der Waals surface area contributed by atoms with Crippen molar-refractivity contribution in [1.82, 2.24) is 14.9 Å². The van der Waals surface area contributed by atoms with Gasteiger partial charge < -0.3 is 5.11 Å². The van der Waals surface area contributed by atoms with Crippen LogP contribution < -0.4 is 5.11 Å². The van der Waals surface area contributed by atoms with Crippen molar-refractivity contribution >= 4 is 24.1 Å². The standard InChI is InChI=1S/C12H11N5O3S/c18-10-4-1-7(5-9(10)17(19)20)6-13-16-11(8-2-3-8)14-15-12(16)21/h1,4-6,8,18H,2-3H2,(H,15,21)/p-1/b13-6-. The van der Waals surface area contributed by atoms with Crippen LogP contribution in [-0.4, -0.2) is 26.0 Å². The van der Waals surface area contributed by atoms with E-state index in [4.69, 9.17) is 12.2 Å². The van der Waals surface area contributed by atoms with Gasteiger partial charge in [0.15, 0.2) is 5.82 Å². The molecule has 1 N–H and O–H groups in total. The Kier molecular flexibility index (Phi) is 3.26. The summed E-state index contributed by atoms with van der Waals surface area (Å²) < 4.78 is 1.87. The van der Waals surface area contributed by atoms with E-state index in [0.717, 1.165) is 24.7 Å². The summed E-state index contributed by atoms with van der Waals surface area (Å²) in [5, 5.41) is 33.1. The molecule has 108 valence electrons. The number of H-pyrrole nitrogens is 1. The number of aromatic amines is 1. The molecule has 1 aliphatic carbocycles. The molecule has 1 aromatic carbocycles. The SMILES string of the molecule is O=[N+]([O-])c1cc(/C=N\n2c(C3CC3)n[nH]c2=S)ccc1[O-]. The molecule has 0 bridgehead atoms. The van der Waals surface area contributed by atoms with Crippen LogP contribution in [0.15, 0.2) is 23.3 Å². The predicted octanol–water partition coefficient (Wildman–Crippen LogP) is 1.68. The van der Waals surface area contributed by atoms with E-state index < -0.39 is 16.4 Å². The third kappa shape index (κ3) is 2.68. The minimum absolute atomic E-state index is 0.355. The van der Waals surface area contributed by atoms with Gasteiger partial charge in [0.2, 0.25) is 4.77 Å². The zero-order valence-electron chi connectivity index (χ0n) is 10.7. The lowest BCUT2D eigenvalue weighted by Gasteiger charge is -2.06. The molecular weight excluding hydrogens is 294 g/mol. The Morgan fingerprint density at radius 1 is 1.52 bits per heavy atom. The Morgan fingerprint density at radius 3 is 2.95 bits per heavy atom. The van der Waals surface area contributed by atoms with Crippen molar-refractivity contribution in [3.63, 3.8) is 0 Å². The zero-order chi connectivity index (χ0) is 15.0. The van der Waals surface area contributed by atoms with Crippen LogP contribution in [0.5, 0.6) is 5.75 Å². The van der Waals surface area contributed by atoms with Crippen LogP contribution in [-0.2, 0) is 0 Å². The maximum absolute atomic E-state index is 11.3. The van der Waals surface area contributed by atoms with E-state index in [0.29, 0.717) is 16.3 Å². The molecule has 1 aliphatic rings. The van der Waals surface area contributed by atoms with Gasteiger partial charge in [-0.25, -0.2) is 0 Å². The Morgan fingerprint density at radius 2 is 2.29 bits per heavy atom. The van der Waals surface area contributed by atoms with Gasteiger partial charge in [0, 0.05) is 17.5 Å². The minimum atomic E-state index is -0.710. The van der Waals surface area contributed by atoms with Crippen molar-refractivity contribution in [2.24, 2.45) is 5.10 Å². The summed E-state index contributed by atoms with van der Waals surface area (Å²) >= 11 is 5.10. The van der Waals surface area contributed by atoms with E-state index in [1.807, 2.05) is 0 Å². The number of nitrogens with zero attached hydrogens (tertiary/aromatic N) is 4. The molecule has 1 saturated carbocycles. The third-order valence-electron chi connectivity index (χ3n) is 3.12. The van der Waals surface area contributed by atoms with E-state index in [-0.39, 0.29) is 0 Å². The average Bonchev–Trinajstić information content (AvgIpc) is 3.22. The minimum Gasteiger partial charge on any atom is -0.868 e. The number of hydrogen-bond acceptors (Lipinski definition) is 6. The molecule has 0 atom stereocenters. The summed E-state index contributed by atoms with van der Waals surface area (Å²) in [6.07, 6.45) is 3.51. The van der Waals surface area contributed by atoms with Gasteiger partial charge in [-0.2, -0.15) is 14.9 Å². The van der Waals surface area contributed by atoms with Gasteiger partial charge in [0.05, 0.1) is 11.1 Å². The molecular formula is C12H10N5O3S-. The van der Waals surface area contributed by atoms with Crippen LogP contribution in [0.1, 0.15) is 30.1 Å². The van der Waals surface area contributed by atoms with Crippen LogP contribution in [0.4, 0.5) is 5.69 Å². The largest absolute Gasteiger partial charge is 0.868 e. The highest BCUT2D eigenvalue weighted by Gasteiger charge is 2.29. The van der Waals surface area contributed by atoms with Crippen LogP contribution in [0, 0.1) is 14.9 Å². The fourth-order valence-electron chi connectivity index (χ4n) is 1.90. The Hall–Kier alpha value is -2.55. The topological polar surface area (TPSA) is 112 Å². The number of nitro benzene ring substituents is 1. The number of benzene rings is 1. The molecule has 0 spiro atoms. The highest BCUT2D eigenvalue weighted by Crippen LogP contribution is 2.38. The quantitative estimate of drug-likeness (QED) is 0.399. The molecule has 2 aromatic rings. The molecule has 0 saturated heterocycles. The molecule has 0 amide bonds. The van der Waals surface area contributed by atoms with Gasteiger partial charge in [-0.05, 0) is 30.8 Å². The van der Waals surface area contributed by atoms with Crippen molar-refractivity contribution in [2.75, 3.05) is 0 Å². The van der Waals surface area contributed by atoms with Crippen LogP contribution in [0.2, 0.25) is 0 Å². The first-order valence-corrected chi connectivity index (χ1v) is 6.64. The average molecular weight is 304 g/mol. The molecule has 1 heterocycles. The molecule has 0 unspecified atom stereocenters. The summed E-state index contributed by atoms with van der Waals surface area (Å²) in [6.45, 7) is 0. The Balaban J connectivity index is 1.93. The summed E-state index contributed by atoms with van der Waals surface area (Å²) in [7, 11) is 0. The van der Waals surface area contributed by atoms with E-state index in [1.165, 1.54) is 23.0 Å². The number of rotatable bonds is 4. The van der Waals surface area contributed by atoms with Gasteiger partial charge in [-0.1, -0.05) is 12.1 Å². The first-order chi connectivity index (χ1) is 10.1. The Labute approximate surface area is 123 Å². The van der Waals surface area contributed by atoms with Gasteiger partial charge >= 0.3 is 0 Å². The molecule has 8 nitrogen and oxygen atoms in total. The summed E-state index contributed by atoms with van der Waals surface area (Å²) in [5.74, 6) is 0.482. The molecule has 21 heavy (non-hydrogen) atoms. The predicted molar refractivity (Wildman–Crippen MR) is 74.9 cm³/mol. The van der Waals surface area contributed by atoms with E-state index in [1.54, 1.807) is 0 Å². The second-order valence-corrected chi connectivity index (χ2v) is 5.09. The van der Waals surface area contributed by atoms with E-state index in [9.17, 15) is 15.2 Å². The molecule has 3 rings (SSSR count). The normalized spacial score (nSPS) is 14.7. The highest BCUT2D eigenvalue weighted by molar-refractivity contribution is 7.71. The monoisotopic (exact) mass is 304 g/mol. The highest BCUT2D eigenvalue weighted by atomic mass is 32.1. The first-order valence-electron chi connectivity index (χ1n) is 6.23. The third-order valence-corrected chi connectivity index (χ3v) is 3.38. The number of nitrogens with one attached hydrogen (secondary N) is 1. The lowest BCUT2D eigenvalue weighted by molar-refractivity contribution is -0.398. The summed E-state index contributed by atoms with van der Waals surface area (Å²) in [6, 6.07) is 3.81. The van der Waals surface area contributed by atoms with Gasteiger partial charge in [-0.15, -0.1) is 0 Å². The Bertz CT molecular complexity index is 790. The van der Waals surface area contributed by atoms with Crippen molar-refractivity contribution in [2.45, 2.75) is 18.8 Å². The van der Waals surface area contributed by atoms with E-state index in [2.05, 4.69) is 15.3 Å². The zero-order valence-corrected chi connectivity index (χ0v) is 11.5. The molecule has 0 aliphatic heterocycles. The van der Waals surface area contributed by atoms with Gasteiger partial charge in [-0.3, -0.25) is 15.2 Å². The van der Waals surface area contributed by atoms with Crippen molar-refractivity contribution in [3.8, 4) is 5.75 Å². The summed E-state index contributed by atoms with van der Waals surface area (Å²) in [4.78, 5) is 10.0. The fraction of sp³-hybridized carbons (Fsp3) is 0.250. The number of hydrogen-bond donors (Lipinski definition) is 1. The van der Waals surface area contributed by atoms with Gasteiger partial charge in [0.1, 0.15) is 0 Å². The van der Waals surface area contributed by atoms with Gasteiger partial charge in [0.25, 0.3) is 5.69 Å². The van der Waals surface area contributed by atoms with Crippen molar-refractivity contribution < 1.29 is 10.0 Å². The second-order valence-electron chi connectivity index (χ2n) is 4.70.